The Balaban J connectivity index is 0.00000408. The zero-order valence-electron chi connectivity index (χ0n) is 19.0. The third kappa shape index (κ3) is 7.59. The average molecular weight is 488 g/mol. The maximum Gasteiger partial charge on any atom is 0.344 e. The zero-order valence-corrected chi connectivity index (χ0v) is 19.9. The summed E-state index contributed by atoms with van der Waals surface area (Å²) < 4.78 is 10.9. The van der Waals surface area contributed by atoms with Crippen molar-refractivity contribution in [2.75, 3.05) is 6.61 Å². The van der Waals surface area contributed by atoms with Crippen LogP contribution >= 0.6 is 12.4 Å². The summed E-state index contributed by atoms with van der Waals surface area (Å²) in [6.07, 6.45) is 5.14. The predicted molar refractivity (Wildman–Crippen MR) is 131 cm³/mol. The highest BCUT2D eigenvalue weighted by Crippen LogP contribution is 2.20. The molecule has 182 valence electrons. The Bertz CT molecular complexity index is 1000. The molecule has 0 heterocycles. The Morgan fingerprint density at radius 2 is 1.53 bits per heavy atom. The van der Waals surface area contributed by atoms with Crippen LogP contribution < -0.4 is 15.8 Å². The van der Waals surface area contributed by atoms with Gasteiger partial charge in [-0.05, 0) is 69.0 Å². The molecule has 1 amide bonds. The van der Waals surface area contributed by atoms with Crippen LogP contribution in [0.5, 0.6) is 5.75 Å². The van der Waals surface area contributed by atoms with Gasteiger partial charge in [-0.3, -0.25) is 15.0 Å². The second-order valence-corrected chi connectivity index (χ2v) is 8.11. The average Bonchev–Trinajstić information content (AvgIpc) is 2.83. The number of hydrogen-bond acceptors (Lipinski definition) is 6. The van der Waals surface area contributed by atoms with Crippen LogP contribution in [0, 0.1) is 5.41 Å². The Kier molecular flexibility index (Phi) is 10.1. The molecule has 0 radical (unpaired) electrons. The lowest BCUT2D eigenvalue weighted by molar-refractivity contribution is -0.152. The van der Waals surface area contributed by atoms with Crippen molar-refractivity contribution < 1.29 is 23.9 Å². The number of carbonyl (C=O) groups is 3. The highest BCUT2D eigenvalue weighted by Gasteiger charge is 2.20. The molecule has 1 aliphatic carbocycles. The number of carbonyl (C=O) groups excluding carboxylic acids is 3. The van der Waals surface area contributed by atoms with Gasteiger partial charge >= 0.3 is 5.97 Å². The molecule has 0 saturated heterocycles. The number of hydrogen-bond donors (Lipinski definition) is 3. The molecule has 0 aliphatic heterocycles. The number of benzene rings is 2. The van der Waals surface area contributed by atoms with Crippen molar-refractivity contribution in [3.05, 3.63) is 65.2 Å². The molecule has 1 atom stereocenters. The number of ether oxygens (including phenoxy) is 2. The smallest absolute Gasteiger partial charge is 0.344 e. The molecule has 3 rings (SSSR count). The summed E-state index contributed by atoms with van der Waals surface area (Å²) in [5.74, 6) is -0.683. The van der Waals surface area contributed by atoms with E-state index in [2.05, 4.69) is 5.32 Å². The number of Topliss-reactive ketones (excluding diaryl/α,β-unsaturated/α-hetero) is 1. The number of nitrogens with one attached hydrogen (secondary N) is 2. The molecule has 34 heavy (non-hydrogen) atoms. The number of amidine groups is 1. The number of esters is 1. The van der Waals surface area contributed by atoms with Gasteiger partial charge in [0.05, 0.1) is 6.04 Å². The maximum atomic E-state index is 12.7. The van der Waals surface area contributed by atoms with Crippen molar-refractivity contribution in [2.24, 2.45) is 5.73 Å². The lowest BCUT2D eigenvalue weighted by atomic mass is 9.98. The zero-order chi connectivity index (χ0) is 23.8. The summed E-state index contributed by atoms with van der Waals surface area (Å²) >= 11 is 0. The molecule has 1 aliphatic rings. The fourth-order valence-corrected chi connectivity index (χ4v) is 3.66. The van der Waals surface area contributed by atoms with Crippen LogP contribution in [0.15, 0.2) is 48.5 Å². The number of rotatable bonds is 9. The molecule has 2 aromatic carbocycles. The van der Waals surface area contributed by atoms with Gasteiger partial charge in [-0.1, -0.05) is 18.6 Å². The van der Waals surface area contributed by atoms with Crippen molar-refractivity contribution in [1.82, 2.24) is 5.32 Å². The monoisotopic (exact) mass is 487 g/mol. The fourth-order valence-electron chi connectivity index (χ4n) is 3.66. The minimum absolute atomic E-state index is 0. The van der Waals surface area contributed by atoms with E-state index in [0.717, 1.165) is 25.7 Å². The number of nitrogens with two attached hydrogens (primary N) is 1. The van der Waals surface area contributed by atoms with Gasteiger partial charge in [0, 0.05) is 16.7 Å². The number of nitrogen functional groups attached to an aromatic ring is 1. The standard InChI is InChI=1S/C25H29N3O5.ClH/c1-16(28-25(31)19-9-7-18(8-10-19)24(26)27)23(30)17-11-13-20(14-12-17)32-15-22(29)33-21-5-3-2-4-6-21;/h7-14,16,21H,2-6,15H2,1H3,(H3,26,27)(H,28,31);1H. The van der Waals surface area contributed by atoms with E-state index in [1.54, 1.807) is 55.5 Å². The lowest BCUT2D eigenvalue weighted by Crippen LogP contribution is -2.38. The van der Waals surface area contributed by atoms with Gasteiger partial charge in [0.25, 0.3) is 5.91 Å². The minimum Gasteiger partial charge on any atom is -0.482 e. The Labute approximate surface area is 205 Å². The summed E-state index contributed by atoms with van der Waals surface area (Å²) in [5, 5.41) is 10.1. The Morgan fingerprint density at radius 1 is 0.971 bits per heavy atom. The molecule has 9 heteroatoms. The van der Waals surface area contributed by atoms with Gasteiger partial charge in [-0.2, -0.15) is 0 Å². The number of amides is 1. The molecule has 8 nitrogen and oxygen atoms in total. The number of halogens is 1. The second-order valence-electron chi connectivity index (χ2n) is 8.11. The van der Waals surface area contributed by atoms with Crippen LogP contribution in [0.25, 0.3) is 0 Å². The molecule has 4 N–H and O–H groups in total. The van der Waals surface area contributed by atoms with Crippen LogP contribution in [0.4, 0.5) is 0 Å². The van der Waals surface area contributed by atoms with Crippen molar-refractivity contribution in [3.63, 3.8) is 0 Å². The molecule has 0 spiro atoms. The van der Waals surface area contributed by atoms with Crippen molar-refractivity contribution >= 4 is 35.9 Å². The van der Waals surface area contributed by atoms with Crippen LogP contribution in [0.3, 0.4) is 0 Å². The lowest BCUT2D eigenvalue weighted by Gasteiger charge is -2.21. The highest BCUT2D eigenvalue weighted by atomic mass is 35.5. The Morgan fingerprint density at radius 3 is 2.12 bits per heavy atom. The second kappa shape index (κ2) is 12.7. The normalized spacial score (nSPS) is 14.3. The summed E-state index contributed by atoms with van der Waals surface area (Å²) in [7, 11) is 0. The van der Waals surface area contributed by atoms with Gasteiger partial charge in [0.15, 0.2) is 12.4 Å². The molecule has 0 bridgehead atoms. The first-order valence-corrected chi connectivity index (χ1v) is 11.1. The van der Waals surface area contributed by atoms with E-state index in [0.29, 0.717) is 22.4 Å². The first kappa shape index (κ1) is 26.9. The van der Waals surface area contributed by atoms with Crippen LogP contribution in [0.1, 0.15) is 65.3 Å². The summed E-state index contributed by atoms with van der Waals surface area (Å²) in [5.41, 5.74) is 6.70. The highest BCUT2D eigenvalue weighted by molar-refractivity contribution is 6.04. The van der Waals surface area contributed by atoms with Gasteiger partial charge in [0.1, 0.15) is 17.7 Å². The predicted octanol–water partition coefficient (Wildman–Crippen LogP) is 3.65. The van der Waals surface area contributed by atoms with E-state index in [1.807, 2.05) is 0 Å². The van der Waals surface area contributed by atoms with Gasteiger partial charge in [-0.15, -0.1) is 12.4 Å². The van der Waals surface area contributed by atoms with Gasteiger partial charge in [-0.25, -0.2) is 4.79 Å². The van der Waals surface area contributed by atoms with E-state index in [1.165, 1.54) is 6.42 Å². The van der Waals surface area contributed by atoms with Crippen LogP contribution in [-0.2, 0) is 9.53 Å². The summed E-state index contributed by atoms with van der Waals surface area (Å²) in [6.45, 7) is 1.43. The van der Waals surface area contributed by atoms with Crippen LogP contribution in [0.2, 0.25) is 0 Å². The van der Waals surface area contributed by atoms with Crippen molar-refractivity contribution in [3.8, 4) is 5.75 Å². The molecule has 0 aromatic heterocycles. The van der Waals surface area contributed by atoms with E-state index >= 15 is 0 Å². The quantitative estimate of drug-likeness (QED) is 0.214. The molecular formula is C25H30ClN3O5. The van der Waals surface area contributed by atoms with E-state index < -0.39 is 17.9 Å². The van der Waals surface area contributed by atoms with Crippen LogP contribution in [-0.4, -0.2) is 42.2 Å². The van der Waals surface area contributed by atoms with E-state index in [-0.39, 0.29) is 36.7 Å². The fraction of sp³-hybridized carbons (Fsp3) is 0.360. The first-order chi connectivity index (χ1) is 15.8. The minimum atomic E-state index is -0.748. The topological polar surface area (TPSA) is 132 Å². The third-order valence-corrected chi connectivity index (χ3v) is 5.54. The largest absolute Gasteiger partial charge is 0.482 e. The first-order valence-electron chi connectivity index (χ1n) is 11.1. The third-order valence-electron chi connectivity index (χ3n) is 5.54. The molecule has 1 saturated carbocycles. The maximum absolute atomic E-state index is 12.7. The van der Waals surface area contributed by atoms with Gasteiger partial charge in [0.2, 0.25) is 0 Å². The van der Waals surface area contributed by atoms with E-state index in [9.17, 15) is 14.4 Å². The number of ketones is 1. The summed E-state index contributed by atoms with van der Waals surface area (Å²) in [4.78, 5) is 37.0. The molecule has 1 unspecified atom stereocenters. The van der Waals surface area contributed by atoms with E-state index in [4.69, 9.17) is 20.6 Å². The molecular weight excluding hydrogens is 458 g/mol. The van der Waals surface area contributed by atoms with Crippen molar-refractivity contribution in [2.45, 2.75) is 51.2 Å². The summed E-state index contributed by atoms with van der Waals surface area (Å²) in [6, 6.07) is 11.9. The van der Waals surface area contributed by atoms with Crippen molar-refractivity contribution in [1.29, 1.82) is 5.41 Å². The Hall–Kier alpha value is -3.39. The van der Waals surface area contributed by atoms with Gasteiger partial charge < -0.3 is 20.5 Å². The molecule has 1 fully saturated rings. The SMILES string of the molecule is CC(NC(=O)c1ccc(C(=N)N)cc1)C(=O)c1ccc(OCC(=O)OC2CCCCC2)cc1.Cl. The molecule has 2 aromatic rings.